The second-order valence-electron chi connectivity index (χ2n) is 6.89. The van der Waals surface area contributed by atoms with Crippen molar-refractivity contribution < 1.29 is 13.7 Å². The molecule has 5 nitrogen and oxygen atoms in total. The molecule has 0 aliphatic heterocycles. The number of amides is 1. The molecule has 0 spiro atoms. The number of nitrogens with zero attached hydrogens (tertiary/aromatic N) is 3. The number of hydrogen-bond donors (Lipinski definition) is 0. The van der Waals surface area contributed by atoms with Crippen molar-refractivity contribution in [2.45, 2.75) is 18.9 Å². The lowest BCUT2D eigenvalue weighted by molar-refractivity contribution is -0.131. The number of rotatable bonds is 7. The molecule has 2 aromatic heterocycles. The zero-order valence-electron chi connectivity index (χ0n) is 16.4. The second kappa shape index (κ2) is 9.00. The van der Waals surface area contributed by atoms with Crippen molar-refractivity contribution in [2.75, 3.05) is 7.05 Å². The lowest BCUT2D eigenvalue weighted by Crippen LogP contribution is -2.32. The van der Waals surface area contributed by atoms with E-state index in [2.05, 4.69) is 10.1 Å². The Balaban J connectivity index is 1.49. The molecule has 4 rings (SSSR count). The molecule has 0 aliphatic rings. The van der Waals surface area contributed by atoms with Gasteiger partial charge in [0.1, 0.15) is 5.82 Å². The number of carbonyl (C=O) groups is 1. The number of hydrogen-bond acceptors (Lipinski definition) is 5. The summed E-state index contributed by atoms with van der Waals surface area (Å²) in [6, 6.07) is 17.5. The van der Waals surface area contributed by atoms with Gasteiger partial charge in [-0.05, 0) is 34.7 Å². The van der Waals surface area contributed by atoms with Crippen LogP contribution in [0.15, 0.2) is 75.9 Å². The van der Waals surface area contributed by atoms with Gasteiger partial charge in [0.2, 0.25) is 17.6 Å². The zero-order chi connectivity index (χ0) is 20.9. The monoisotopic (exact) mass is 421 g/mol. The lowest BCUT2D eigenvalue weighted by Gasteiger charge is -2.29. The van der Waals surface area contributed by atoms with Gasteiger partial charge >= 0.3 is 0 Å². The summed E-state index contributed by atoms with van der Waals surface area (Å²) in [5.41, 5.74) is 2.70. The highest BCUT2D eigenvalue weighted by Gasteiger charge is 2.24. The Bertz CT molecular complexity index is 1100. The number of thiophene rings is 1. The van der Waals surface area contributed by atoms with Crippen LogP contribution < -0.4 is 0 Å². The minimum Gasteiger partial charge on any atom is -0.339 e. The fourth-order valence-corrected chi connectivity index (χ4v) is 3.95. The number of benzene rings is 2. The van der Waals surface area contributed by atoms with E-state index in [1.54, 1.807) is 35.4 Å². The van der Waals surface area contributed by atoms with E-state index < -0.39 is 0 Å². The Hall–Kier alpha value is -3.32. The maximum atomic E-state index is 13.4. The highest BCUT2D eigenvalue weighted by Crippen LogP contribution is 2.28. The summed E-state index contributed by atoms with van der Waals surface area (Å²) >= 11 is 1.56. The molecule has 1 amide bonds. The number of halogens is 1. The molecule has 0 radical (unpaired) electrons. The topological polar surface area (TPSA) is 59.2 Å². The molecule has 0 N–H and O–H groups in total. The van der Waals surface area contributed by atoms with Crippen LogP contribution in [0, 0.1) is 5.82 Å². The molecule has 0 aliphatic carbocycles. The average molecular weight is 421 g/mol. The highest BCUT2D eigenvalue weighted by molar-refractivity contribution is 7.08. The predicted molar refractivity (Wildman–Crippen MR) is 113 cm³/mol. The number of aryl methyl sites for hydroxylation is 1. The molecule has 0 fully saturated rings. The first-order valence-corrected chi connectivity index (χ1v) is 10.5. The Morgan fingerprint density at radius 1 is 1.10 bits per heavy atom. The summed E-state index contributed by atoms with van der Waals surface area (Å²) in [5.74, 6) is 0.581. The molecule has 0 bridgehead atoms. The molecular formula is C23H20FN3O2S. The van der Waals surface area contributed by atoms with Gasteiger partial charge in [0.05, 0.1) is 6.04 Å². The predicted octanol–water partition coefficient (Wildman–Crippen LogP) is 5.12. The van der Waals surface area contributed by atoms with Gasteiger partial charge in [-0.15, -0.1) is 0 Å². The largest absolute Gasteiger partial charge is 0.339 e. The summed E-state index contributed by atoms with van der Waals surface area (Å²) in [5, 5.41) is 7.87. The lowest BCUT2D eigenvalue weighted by atomic mass is 9.97. The smallest absolute Gasteiger partial charge is 0.227 e. The van der Waals surface area contributed by atoms with Crippen molar-refractivity contribution in [3.05, 3.63) is 94.3 Å². The molecule has 2 heterocycles. The number of carbonyl (C=O) groups excluding carboxylic acids is 1. The van der Waals surface area contributed by atoms with Gasteiger partial charge in [0.15, 0.2) is 0 Å². The van der Waals surface area contributed by atoms with Crippen molar-refractivity contribution in [2.24, 2.45) is 0 Å². The van der Waals surface area contributed by atoms with Crippen LogP contribution in [0.2, 0.25) is 0 Å². The van der Waals surface area contributed by atoms with Gasteiger partial charge in [-0.2, -0.15) is 16.3 Å². The SMILES string of the molecule is CN(C(=O)CCc1nc(-c2ccsc2)no1)C(c1ccccc1)c1ccc(F)cc1. The van der Waals surface area contributed by atoms with Crippen molar-refractivity contribution in [1.82, 2.24) is 15.0 Å². The Morgan fingerprint density at radius 3 is 2.53 bits per heavy atom. The van der Waals surface area contributed by atoms with Crippen LogP contribution >= 0.6 is 11.3 Å². The van der Waals surface area contributed by atoms with Crippen molar-refractivity contribution >= 4 is 17.2 Å². The fourth-order valence-electron chi connectivity index (χ4n) is 3.32. The fraction of sp³-hybridized carbons (Fsp3) is 0.174. The molecule has 0 saturated heterocycles. The van der Waals surface area contributed by atoms with E-state index in [0.29, 0.717) is 18.1 Å². The van der Waals surface area contributed by atoms with Gasteiger partial charge in [-0.25, -0.2) is 4.39 Å². The third-order valence-corrected chi connectivity index (χ3v) is 5.57. The summed E-state index contributed by atoms with van der Waals surface area (Å²) in [7, 11) is 1.76. The molecular weight excluding hydrogens is 401 g/mol. The van der Waals surface area contributed by atoms with Crippen LogP contribution in [0.4, 0.5) is 4.39 Å². The molecule has 4 aromatic rings. The summed E-state index contributed by atoms with van der Waals surface area (Å²) in [6.45, 7) is 0. The van der Waals surface area contributed by atoms with Gasteiger partial charge < -0.3 is 9.42 Å². The maximum absolute atomic E-state index is 13.4. The summed E-state index contributed by atoms with van der Waals surface area (Å²) in [6.07, 6.45) is 0.581. The maximum Gasteiger partial charge on any atom is 0.227 e. The third kappa shape index (κ3) is 4.46. The van der Waals surface area contributed by atoms with Gasteiger partial charge in [0.25, 0.3) is 0 Å². The van der Waals surface area contributed by atoms with E-state index >= 15 is 0 Å². The highest BCUT2D eigenvalue weighted by atomic mass is 32.1. The van der Waals surface area contributed by atoms with Crippen LogP contribution in [0.3, 0.4) is 0 Å². The van der Waals surface area contributed by atoms with Gasteiger partial charge in [-0.1, -0.05) is 47.6 Å². The quantitative estimate of drug-likeness (QED) is 0.416. The first-order chi connectivity index (χ1) is 14.6. The molecule has 1 atom stereocenters. The van der Waals surface area contributed by atoms with E-state index in [9.17, 15) is 9.18 Å². The first kappa shape index (κ1) is 20.0. The molecule has 152 valence electrons. The normalized spacial score (nSPS) is 11.9. The zero-order valence-corrected chi connectivity index (χ0v) is 17.2. The van der Waals surface area contributed by atoms with Crippen LogP contribution in [-0.2, 0) is 11.2 Å². The van der Waals surface area contributed by atoms with Crippen LogP contribution in [0.5, 0.6) is 0 Å². The van der Waals surface area contributed by atoms with E-state index in [-0.39, 0.29) is 24.2 Å². The average Bonchev–Trinajstić information content (AvgIpc) is 3.46. The van der Waals surface area contributed by atoms with Crippen molar-refractivity contribution in [1.29, 1.82) is 0 Å². The van der Waals surface area contributed by atoms with Crippen molar-refractivity contribution in [3.63, 3.8) is 0 Å². The van der Waals surface area contributed by atoms with E-state index in [1.807, 2.05) is 47.2 Å². The minimum atomic E-state index is -0.316. The van der Waals surface area contributed by atoms with Crippen LogP contribution in [0.25, 0.3) is 11.4 Å². The Morgan fingerprint density at radius 2 is 1.83 bits per heavy atom. The standard InChI is InChI=1S/C23H20FN3O2S/c1-27(21(28)12-11-20-25-23(26-29-20)18-13-14-30-15-18)22(16-5-3-2-4-6-16)17-7-9-19(24)10-8-17/h2-10,13-15,22H,11-12H2,1H3. The minimum absolute atomic E-state index is 0.0662. The molecule has 7 heteroatoms. The van der Waals surface area contributed by atoms with E-state index in [0.717, 1.165) is 16.7 Å². The summed E-state index contributed by atoms with van der Waals surface area (Å²) < 4.78 is 18.7. The van der Waals surface area contributed by atoms with Gasteiger partial charge in [0, 0.05) is 30.8 Å². The molecule has 0 saturated carbocycles. The second-order valence-corrected chi connectivity index (χ2v) is 7.67. The van der Waals surface area contributed by atoms with E-state index in [1.165, 1.54) is 12.1 Å². The summed E-state index contributed by atoms with van der Waals surface area (Å²) in [4.78, 5) is 19.0. The van der Waals surface area contributed by atoms with Crippen LogP contribution in [0.1, 0.15) is 29.5 Å². The van der Waals surface area contributed by atoms with E-state index in [4.69, 9.17) is 4.52 Å². The Labute approximate surface area is 177 Å². The Kier molecular flexibility index (Phi) is 5.99. The number of aromatic nitrogens is 2. The molecule has 1 unspecified atom stereocenters. The van der Waals surface area contributed by atoms with Crippen LogP contribution in [-0.4, -0.2) is 28.0 Å². The molecule has 2 aromatic carbocycles. The first-order valence-electron chi connectivity index (χ1n) is 9.53. The molecule has 30 heavy (non-hydrogen) atoms. The van der Waals surface area contributed by atoms with Gasteiger partial charge in [-0.3, -0.25) is 4.79 Å². The third-order valence-electron chi connectivity index (χ3n) is 4.88. The van der Waals surface area contributed by atoms with Crippen molar-refractivity contribution in [3.8, 4) is 11.4 Å².